The molecule has 3 aliphatic rings. The van der Waals surface area contributed by atoms with E-state index in [1.165, 1.54) is 0 Å². The predicted octanol–water partition coefficient (Wildman–Crippen LogP) is 1.83. The molecule has 1 aromatic carbocycles. The summed E-state index contributed by atoms with van der Waals surface area (Å²) in [5.41, 5.74) is 2.46. The maximum Gasteiger partial charge on any atom is 0.184 e. The lowest BCUT2D eigenvalue weighted by atomic mass is 9.46. The van der Waals surface area contributed by atoms with Crippen molar-refractivity contribution in [1.82, 2.24) is 4.98 Å². The van der Waals surface area contributed by atoms with Crippen LogP contribution in [0.5, 0.6) is 5.75 Å². The zero-order valence-electron chi connectivity index (χ0n) is 14.8. The molecule has 3 N–H and O–H groups in total. The summed E-state index contributed by atoms with van der Waals surface area (Å²) in [6, 6.07) is 3.82. The van der Waals surface area contributed by atoms with E-state index in [0.717, 1.165) is 45.7 Å². The van der Waals surface area contributed by atoms with E-state index in [-0.39, 0.29) is 11.3 Å². The molecule has 3 aliphatic carbocycles. The minimum absolute atomic E-state index is 0.0357. The Kier molecular flexibility index (Phi) is 3.43. The summed E-state index contributed by atoms with van der Waals surface area (Å²) in [4.78, 5) is 6.44. The van der Waals surface area contributed by atoms with Gasteiger partial charge in [0.05, 0.1) is 21.2 Å². The highest BCUT2D eigenvalue weighted by Crippen LogP contribution is 2.61. The molecule has 5 nitrogen and oxygen atoms in total. The van der Waals surface area contributed by atoms with Crippen LogP contribution < -0.4 is 20.1 Å². The molecular weight excluding hydrogens is 334 g/mol. The van der Waals surface area contributed by atoms with E-state index < -0.39 is 5.60 Å². The molecule has 0 aliphatic heterocycles. The molecule has 25 heavy (non-hydrogen) atoms. The number of aromatic hydroxyl groups is 1. The van der Waals surface area contributed by atoms with Gasteiger partial charge in [-0.1, -0.05) is 24.0 Å². The fourth-order valence-electron chi connectivity index (χ4n) is 4.25. The summed E-state index contributed by atoms with van der Waals surface area (Å²) in [7, 11) is 1.92. The number of benzene rings is 1. The number of hydrogen-bond acceptors (Lipinski definition) is 6. The second kappa shape index (κ2) is 5.22. The summed E-state index contributed by atoms with van der Waals surface area (Å²) >= 11 is 1.55. The minimum atomic E-state index is -0.423. The molecule has 6 heteroatoms. The summed E-state index contributed by atoms with van der Waals surface area (Å²) < 4.78 is 0.953. The maximum absolute atomic E-state index is 10.3. The third-order valence-corrected chi connectivity index (χ3v) is 6.14. The Balaban J connectivity index is 1.60. The Hall–Kier alpha value is -2.05. The van der Waals surface area contributed by atoms with Gasteiger partial charge in [0.15, 0.2) is 5.13 Å². The van der Waals surface area contributed by atoms with Crippen molar-refractivity contribution in [1.29, 1.82) is 0 Å². The summed E-state index contributed by atoms with van der Waals surface area (Å²) in [6.45, 7) is 8.00. The Morgan fingerprint density at radius 3 is 2.60 bits per heavy atom. The second-order valence-corrected chi connectivity index (χ2v) is 8.71. The Bertz CT molecular complexity index is 923. The molecule has 0 unspecified atom stereocenters. The molecule has 1 heterocycles. The van der Waals surface area contributed by atoms with E-state index in [4.69, 9.17) is 0 Å². The zero-order valence-corrected chi connectivity index (χ0v) is 15.6. The van der Waals surface area contributed by atoms with Gasteiger partial charge in [-0.15, -0.1) is 0 Å². The van der Waals surface area contributed by atoms with Gasteiger partial charge in [0.2, 0.25) is 0 Å². The number of rotatable bonds is 4. The van der Waals surface area contributed by atoms with Crippen LogP contribution in [0.4, 0.5) is 10.8 Å². The average molecular weight is 357 g/mol. The quantitative estimate of drug-likeness (QED) is 0.779. The summed E-state index contributed by atoms with van der Waals surface area (Å²) in [5, 5.41) is 25.2. The number of aryl methyl sites for hydroxylation is 2. The first-order chi connectivity index (χ1) is 11.7. The maximum atomic E-state index is 10.3. The predicted molar refractivity (Wildman–Crippen MR) is 102 cm³/mol. The number of nitrogens with zero attached hydrogens (tertiary/aromatic N) is 2. The molecule has 132 valence electrons. The highest BCUT2D eigenvalue weighted by Gasteiger charge is 2.67. The molecule has 1 aromatic heterocycles. The van der Waals surface area contributed by atoms with Gasteiger partial charge < -0.3 is 20.4 Å². The monoisotopic (exact) mass is 357 g/mol. The zero-order chi connectivity index (χ0) is 18.0. The SMILES string of the molecule is C=c1nc(NC23CC(O)(C2)C3)s/c1=C/N(C)c1c(C)cc(C)cc1O. The largest absolute Gasteiger partial charge is 0.506 e. The first kappa shape index (κ1) is 16.4. The number of anilines is 2. The van der Waals surface area contributed by atoms with Crippen LogP contribution in [0.15, 0.2) is 12.1 Å². The van der Waals surface area contributed by atoms with Gasteiger partial charge in [-0.25, -0.2) is 4.98 Å². The van der Waals surface area contributed by atoms with Crippen LogP contribution in [0, 0.1) is 13.8 Å². The Morgan fingerprint density at radius 2 is 2.00 bits per heavy atom. The van der Waals surface area contributed by atoms with E-state index in [1.54, 1.807) is 17.4 Å². The van der Waals surface area contributed by atoms with Crippen molar-refractivity contribution < 1.29 is 10.2 Å². The van der Waals surface area contributed by atoms with Crippen molar-refractivity contribution in [2.75, 3.05) is 17.3 Å². The molecule has 5 rings (SSSR count). The average Bonchev–Trinajstić information content (AvgIpc) is 2.74. The van der Waals surface area contributed by atoms with Crippen LogP contribution in [-0.2, 0) is 0 Å². The number of phenols is 1. The number of aliphatic hydroxyl groups is 1. The van der Waals surface area contributed by atoms with Crippen molar-refractivity contribution >= 4 is 34.9 Å². The van der Waals surface area contributed by atoms with Crippen LogP contribution in [0.1, 0.15) is 30.4 Å². The summed E-state index contributed by atoms with van der Waals surface area (Å²) in [5.74, 6) is 0.270. The number of aromatic nitrogens is 1. The van der Waals surface area contributed by atoms with Crippen LogP contribution in [0.2, 0.25) is 0 Å². The van der Waals surface area contributed by atoms with E-state index in [0.29, 0.717) is 5.35 Å². The first-order valence-electron chi connectivity index (χ1n) is 8.40. The van der Waals surface area contributed by atoms with Crippen LogP contribution in [0.3, 0.4) is 0 Å². The minimum Gasteiger partial charge on any atom is -0.506 e. The fourth-order valence-corrected chi connectivity index (χ4v) is 5.25. The van der Waals surface area contributed by atoms with E-state index in [9.17, 15) is 10.2 Å². The van der Waals surface area contributed by atoms with Crippen LogP contribution >= 0.6 is 11.3 Å². The molecule has 0 radical (unpaired) electrons. The van der Waals surface area contributed by atoms with Crippen molar-refractivity contribution in [2.45, 2.75) is 44.2 Å². The first-order valence-corrected chi connectivity index (χ1v) is 9.22. The number of nitrogens with one attached hydrogen (secondary N) is 1. The highest BCUT2D eigenvalue weighted by molar-refractivity contribution is 7.13. The van der Waals surface area contributed by atoms with Crippen LogP contribution in [-0.4, -0.2) is 33.4 Å². The molecular formula is C19H23N3O2S. The third-order valence-electron chi connectivity index (χ3n) is 5.19. The lowest BCUT2D eigenvalue weighted by Gasteiger charge is -2.67. The smallest absolute Gasteiger partial charge is 0.184 e. The fraction of sp³-hybridized carbons (Fsp3) is 0.421. The van der Waals surface area contributed by atoms with Gasteiger partial charge in [0.1, 0.15) is 5.75 Å². The third kappa shape index (κ3) is 2.69. The van der Waals surface area contributed by atoms with E-state index >= 15 is 0 Å². The van der Waals surface area contributed by atoms with Crippen LogP contribution in [0.25, 0.3) is 12.8 Å². The lowest BCUT2D eigenvalue weighted by molar-refractivity contribution is -0.195. The van der Waals surface area contributed by atoms with Crippen molar-refractivity contribution in [2.24, 2.45) is 0 Å². The van der Waals surface area contributed by atoms with Crippen molar-refractivity contribution in [3.8, 4) is 5.75 Å². The second-order valence-electron chi connectivity index (χ2n) is 7.68. The van der Waals surface area contributed by atoms with Gasteiger partial charge in [-0.3, -0.25) is 0 Å². The van der Waals surface area contributed by atoms with E-state index in [2.05, 4.69) is 22.9 Å². The van der Waals surface area contributed by atoms with Gasteiger partial charge in [0, 0.05) is 18.8 Å². The number of hydrogen-bond donors (Lipinski definition) is 3. The molecule has 0 spiro atoms. The lowest BCUT2D eigenvalue weighted by Crippen LogP contribution is -2.75. The standard InChI is InChI=1S/C19H23N3O2S/c1-11-5-12(2)16(14(23)6-11)22(4)7-15-13(3)20-17(25-15)21-18-8-19(24,9-18)10-18/h5-7,23-24H,3,8-10H2,1-2,4H3,(H,20,21)/b15-7+. The summed E-state index contributed by atoms with van der Waals surface area (Å²) in [6.07, 6.45) is 4.38. The molecule has 2 aromatic rings. The highest BCUT2D eigenvalue weighted by atomic mass is 32.1. The Morgan fingerprint density at radius 1 is 1.32 bits per heavy atom. The number of thiazole rings is 1. The number of phenolic OH excluding ortho intramolecular Hbond substituents is 1. The van der Waals surface area contributed by atoms with Gasteiger partial charge >= 0.3 is 0 Å². The molecule has 3 fully saturated rings. The van der Waals surface area contributed by atoms with Gasteiger partial charge in [0.25, 0.3) is 0 Å². The normalized spacial score (nSPS) is 27.6. The molecule has 3 saturated carbocycles. The van der Waals surface area contributed by atoms with Crippen molar-refractivity contribution in [3.63, 3.8) is 0 Å². The molecule has 0 atom stereocenters. The van der Waals surface area contributed by atoms with Gasteiger partial charge in [-0.2, -0.15) is 0 Å². The molecule has 0 saturated heterocycles. The topological polar surface area (TPSA) is 68.6 Å². The van der Waals surface area contributed by atoms with Gasteiger partial charge in [-0.05, 0) is 50.3 Å². The molecule has 0 amide bonds. The molecule has 2 bridgehead atoms. The van der Waals surface area contributed by atoms with E-state index in [1.807, 2.05) is 32.0 Å². The van der Waals surface area contributed by atoms with Crippen molar-refractivity contribution in [3.05, 3.63) is 33.1 Å². The Labute approximate surface area is 151 Å².